The van der Waals surface area contributed by atoms with Crippen LogP contribution in [0.4, 0.5) is 0 Å². The molecule has 0 aliphatic rings. The van der Waals surface area contributed by atoms with Gasteiger partial charge in [0.1, 0.15) is 0 Å². The Morgan fingerprint density at radius 2 is 1.77 bits per heavy atom. The summed E-state index contributed by atoms with van der Waals surface area (Å²) >= 11 is 5.15. The van der Waals surface area contributed by atoms with E-state index in [-0.39, 0.29) is 0 Å². The van der Waals surface area contributed by atoms with Crippen molar-refractivity contribution in [1.29, 1.82) is 0 Å². The standard InChI is InChI=1S/C9H7ClO3/c10-8(11)7(9(12)13)6-4-2-1-3-5-6/h1-5,7H,(H,12,13). The molecule has 0 fully saturated rings. The van der Waals surface area contributed by atoms with Crippen molar-refractivity contribution < 1.29 is 14.7 Å². The molecule has 0 aliphatic heterocycles. The fraction of sp³-hybridized carbons (Fsp3) is 0.111. The van der Waals surface area contributed by atoms with Crippen molar-refractivity contribution in [3.8, 4) is 0 Å². The van der Waals surface area contributed by atoms with Crippen LogP contribution in [-0.2, 0) is 9.59 Å². The first-order valence-electron chi connectivity index (χ1n) is 3.60. The first-order valence-corrected chi connectivity index (χ1v) is 3.98. The van der Waals surface area contributed by atoms with Gasteiger partial charge in [0.25, 0.3) is 0 Å². The molecule has 1 atom stereocenters. The van der Waals surface area contributed by atoms with Crippen LogP contribution in [0.1, 0.15) is 11.5 Å². The maximum Gasteiger partial charge on any atom is 0.319 e. The first kappa shape index (κ1) is 9.74. The monoisotopic (exact) mass is 198 g/mol. The van der Waals surface area contributed by atoms with Crippen LogP contribution in [0.3, 0.4) is 0 Å². The van der Waals surface area contributed by atoms with Gasteiger partial charge in [-0.25, -0.2) is 0 Å². The zero-order valence-corrected chi connectivity index (χ0v) is 7.36. The summed E-state index contributed by atoms with van der Waals surface area (Å²) in [4.78, 5) is 21.4. The number of carbonyl (C=O) groups excluding carboxylic acids is 1. The van der Waals surface area contributed by atoms with Gasteiger partial charge in [-0.05, 0) is 17.2 Å². The number of benzene rings is 1. The lowest BCUT2D eigenvalue weighted by atomic mass is 10.0. The Hall–Kier alpha value is -1.35. The summed E-state index contributed by atoms with van der Waals surface area (Å²) in [5.74, 6) is -2.49. The average Bonchev–Trinajstić information content (AvgIpc) is 2.04. The third-order valence-electron chi connectivity index (χ3n) is 1.61. The highest BCUT2D eigenvalue weighted by molar-refractivity contribution is 6.66. The van der Waals surface area contributed by atoms with Crippen molar-refractivity contribution in [3.63, 3.8) is 0 Å². The lowest BCUT2D eigenvalue weighted by Crippen LogP contribution is -2.17. The van der Waals surface area contributed by atoms with Gasteiger partial charge in [-0.15, -0.1) is 0 Å². The normalized spacial score (nSPS) is 12.1. The van der Waals surface area contributed by atoms with Crippen molar-refractivity contribution in [2.24, 2.45) is 0 Å². The van der Waals surface area contributed by atoms with E-state index in [2.05, 4.69) is 0 Å². The molecule has 1 N–H and O–H groups in total. The molecule has 0 radical (unpaired) electrons. The third kappa shape index (κ3) is 2.29. The molecule has 1 aromatic carbocycles. The molecule has 68 valence electrons. The number of aliphatic carboxylic acids is 1. The van der Waals surface area contributed by atoms with Gasteiger partial charge < -0.3 is 5.11 Å². The molecule has 0 aromatic heterocycles. The van der Waals surface area contributed by atoms with Crippen LogP contribution < -0.4 is 0 Å². The minimum atomic E-state index is -1.26. The maximum absolute atomic E-state index is 10.8. The number of carbonyl (C=O) groups is 2. The SMILES string of the molecule is O=C(O)C(C(=O)Cl)c1ccccc1. The smallest absolute Gasteiger partial charge is 0.319 e. The Bertz CT molecular complexity index is 307. The molecule has 1 unspecified atom stereocenters. The van der Waals surface area contributed by atoms with Crippen LogP contribution >= 0.6 is 11.6 Å². The van der Waals surface area contributed by atoms with Gasteiger partial charge in [0.05, 0.1) is 0 Å². The minimum Gasteiger partial charge on any atom is -0.480 e. The fourth-order valence-corrected chi connectivity index (χ4v) is 1.24. The molecule has 0 saturated carbocycles. The van der Waals surface area contributed by atoms with E-state index in [1.165, 1.54) is 0 Å². The minimum absolute atomic E-state index is 0.398. The molecule has 1 rings (SSSR count). The number of carboxylic acid groups (broad SMARTS) is 1. The second-order valence-electron chi connectivity index (χ2n) is 2.49. The molecule has 0 saturated heterocycles. The van der Waals surface area contributed by atoms with Crippen LogP contribution in [0.15, 0.2) is 30.3 Å². The van der Waals surface area contributed by atoms with Crippen LogP contribution in [0.5, 0.6) is 0 Å². The molecule has 3 nitrogen and oxygen atoms in total. The van der Waals surface area contributed by atoms with E-state index in [9.17, 15) is 9.59 Å². The van der Waals surface area contributed by atoms with Crippen molar-refractivity contribution in [1.82, 2.24) is 0 Å². The van der Waals surface area contributed by atoms with Crippen LogP contribution in [0.2, 0.25) is 0 Å². The van der Waals surface area contributed by atoms with Gasteiger partial charge in [0.15, 0.2) is 5.92 Å². The van der Waals surface area contributed by atoms with E-state index in [0.717, 1.165) is 0 Å². The molecule has 0 bridgehead atoms. The van der Waals surface area contributed by atoms with Crippen molar-refractivity contribution >= 4 is 22.8 Å². The summed E-state index contributed by atoms with van der Waals surface area (Å²) in [7, 11) is 0. The Balaban J connectivity index is 3.03. The summed E-state index contributed by atoms with van der Waals surface area (Å²) in [6.07, 6.45) is 0. The van der Waals surface area contributed by atoms with Crippen LogP contribution in [-0.4, -0.2) is 16.3 Å². The number of rotatable bonds is 3. The lowest BCUT2D eigenvalue weighted by Gasteiger charge is -2.06. The summed E-state index contributed by atoms with van der Waals surface area (Å²) in [6.45, 7) is 0. The Kier molecular flexibility index (Phi) is 3.03. The molecule has 13 heavy (non-hydrogen) atoms. The Morgan fingerprint density at radius 3 is 2.15 bits per heavy atom. The van der Waals surface area contributed by atoms with E-state index < -0.39 is 17.1 Å². The molecular formula is C9H7ClO3. The van der Waals surface area contributed by atoms with E-state index in [1.54, 1.807) is 30.3 Å². The number of hydrogen-bond acceptors (Lipinski definition) is 2. The predicted octanol–water partition coefficient (Wildman–Crippen LogP) is 1.62. The topological polar surface area (TPSA) is 54.4 Å². The van der Waals surface area contributed by atoms with Crippen LogP contribution in [0.25, 0.3) is 0 Å². The molecular weight excluding hydrogens is 192 g/mol. The Morgan fingerprint density at radius 1 is 1.23 bits per heavy atom. The van der Waals surface area contributed by atoms with E-state index in [1.807, 2.05) is 0 Å². The molecule has 0 aliphatic carbocycles. The van der Waals surface area contributed by atoms with E-state index in [4.69, 9.17) is 16.7 Å². The van der Waals surface area contributed by atoms with Gasteiger partial charge >= 0.3 is 5.97 Å². The van der Waals surface area contributed by atoms with Crippen LogP contribution in [0, 0.1) is 0 Å². The molecule has 4 heteroatoms. The van der Waals surface area contributed by atoms with Gasteiger partial charge in [-0.3, -0.25) is 9.59 Å². The fourth-order valence-electron chi connectivity index (χ4n) is 1.02. The van der Waals surface area contributed by atoms with Gasteiger partial charge in [-0.1, -0.05) is 30.3 Å². The molecule has 0 heterocycles. The molecule has 1 aromatic rings. The molecule has 0 spiro atoms. The average molecular weight is 199 g/mol. The van der Waals surface area contributed by atoms with Crippen molar-refractivity contribution in [3.05, 3.63) is 35.9 Å². The molecule has 0 amide bonds. The zero-order chi connectivity index (χ0) is 9.84. The number of carboxylic acids is 1. The van der Waals surface area contributed by atoms with Crippen molar-refractivity contribution in [2.45, 2.75) is 5.92 Å². The summed E-state index contributed by atoms with van der Waals surface area (Å²) in [6, 6.07) is 8.16. The highest BCUT2D eigenvalue weighted by Crippen LogP contribution is 2.18. The maximum atomic E-state index is 10.8. The number of hydrogen-bond donors (Lipinski definition) is 1. The third-order valence-corrected chi connectivity index (χ3v) is 1.83. The second kappa shape index (κ2) is 4.05. The van der Waals surface area contributed by atoms with Gasteiger partial charge in [-0.2, -0.15) is 0 Å². The predicted molar refractivity (Wildman–Crippen MR) is 47.7 cm³/mol. The largest absolute Gasteiger partial charge is 0.480 e. The Labute approximate surface area is 79.9 Å². The summed E-state index contributed by atoms with van der Waals surface area (Å²) in [5.41, 5.74) is 0.398. The quantitative estimate of drug-likeness (QED) is 0.593. The van der Waals surface area contributed by atoms with Crippen molar-refractivity contribution in [2.75, 3.05) is 0 Å². The highest BCUT2D eigenvalue weighted by atomic mass is 35.5. The van der Waals surface area contributed by atoms with E-state index in [0.29, 0.717) is 5.56 Å². The number of halogens is 1. The highest BCUT2D eigenvalue weighted by Gasteiger charge is 2.25. The summed E-state index contributed by atoms with van der Waals surface area (Å²) in [5, 5.41) is 7.82. The lowest BCUT2D eigenvalue weighted by molar-refractivity contribution is -0.140. The first-order chi connectivity index (χ1) is 6.13. The van der Waals surface area contributed by atoms with E-state index >= 15 is 0 Å². The second-order valence-corrected chi connectivity index (χ2v) is 2.86. The van der Waals surface area contributed by atoms with Gasteiger partial charge in [0, 0.05) is 0 Å². The zero-order valence-electron chi connectivity index (χ0n) is 6.61. The van der Waals surface area contributed by atoms with Gasteiger partial charge in [0.2, 0.25) is 5.24 Å². The summed E-state index contributed by atoms with van der Waals surface area (Å²) < 4.78 is 0.